The number of hydrogen-bond acceptors (Lipinski definition) is 4. The lowest BCUT2D eigenvalue weighted by atomic mass is 10.3. The average Bonchev–Trinajstić information content (AvgIpc) is 2.90. The number of hydrogen-bond donors (Lipinski definition) is 1. The van der Waals surface area contributed by atoms with Gasteiger partial charge in [0, 0.05) is 19.3 Å². The Labute approximate surface area is 123 Å². The predicted octanol–water partition coefficient (Wildman–Crippen LogP) is 3.24. The molecule has 2 aromatic heterocycles. The second-order valence-corrected chi connectivity index (χ2v) is 4.85. The van der Waals surface area contributed by atoms with Crippen LogP contribution in [0.5, 0.6) is 11.6 Å². The summed E-state index contributed by atoms with van der Waals surface area (Å²) in [5.41, 5.74) is 1.04. The molecule has 108 valence electrons. The fraction of sp³-hybridized carbons (Fsp3) is 0.429. The van der Waals surface area contributed by atoms with Crippen LogP contribution in [0.4, 0.5) is 0 Å². The fourth-order valence-corrected chi connectivity index (χ4v) is 1.96. The molecule has 0 amide bonds. The summed E-state index contributed by atoms with van der Waals surface area (Å²) in [6.07, 6.45) is 6.34. The lowest BCUT2D eigenvalue weighted by Crippen LogP contribution is -2.13. The van der Waals surface area contributed by atoms with Crippen LogP contribution in [0.1, 0.15) is 25.8 Å². The van der Waals surface area contributed by atoms with Crippen molar-refractivity contribution < 1.29 is 4.74 Å². The summed E-state index contributed by atoms with van der Waals surface area (Å²) in [5, 5.41) is 7.95. The zero-order chi connectivity index (χ0) is 14.4. The molecule has 0 radical (unpaired) electrons. The number of aryl methyl sites for hydroxylation is 1. The Hall–Kier alpha value is -1.59. The van der Waals surface area contributed by atoms with Gasteiger partial charge in [0.05, 0.1) is 12.4 Å². The van der Waals surface area contributed by atoms with E-state index in [9.17, 15) is 0 Å². The summed E-state index contributed by atoms with van der Waals surface area (Å²) in [6, 6.07) is 1.87. The summed E-state index contributed by atoms with van der Waals surface area (Å²) >= 11 is 6.19. The second kappa shape index (κ2) is 7.26. The van der Waals surface area contributed by atoms with Crippen LogP contribution >= 0.6 is 11.6 Å². The molecular formula is C14H19ClN4O. The maximum atomic E-state index is 6.19. The van der Waals surface area contributed by atoms with Crippen LogP contribution in [0.2, 0.25) is 5.02 Å². The van der Waals surface area contributed by atoms with E-state index in [-0.39, 0.29) is 0 Å². The van der Waals surface area contributed by atoms with Crippen LogP contribution in [0.25, 0.3) is 0 Å². The van der Waals surface area contributed by atoms with Crippen LogP contribution in [0.15, 0.2) is 24.7 Å². The number of halogens is 1. The average molecular weight is 295 g/mol. The zero-order valence-corrected chi connectivity index (χ0v) is 12.5. The number of pyridine rings is 1. The first-order valence-electron chi connectivity index (χ1n) is 6.78. The zero-order valence-electron chi connectivity index (χ0n) is 11.8. The second-order valence-electron chi connectivity index (χ2n) is 4.44. The molecule has 2 heterocycles. The Morgan fingerprint density at radius 2 is 2.20 bits per heavy atom. The smallest absolute Gasteiger partial charge is 0.238 e. The van der Waals surface area contributed by atoms with Gasteiger partial charge in [-0.1, -0.05) is 18.5 Å². The Bertz CT molecular complexity index is 556. The van der Waals surface area contributed by atoms with Crippen molar-refractivity contribution in [3.63, 3.8) is 0 Å². The van der Waals surface area contributed by atoms with E-state index in [2.05, 4.69) is 22.3 Å². The van der Waals surface area contributed by atoms with Crippen molar-refractivity contribution in [3.05, 3.63) is 35.2 Å². The Balaban J connectivity index is 2.01. The summed E-state index contributed by atoms with van der Waals surface area (Å²) in [5.74, 6) is 1.04. The molecule has 0 aliphatic carbocycles. The van der Waals surface area contributed by atoms with E-state index in [1.807, 2.05) is 19.2 Å². The van der Waals surface area contributed by atoms with Crippen molar-refractivity contribution in [2.75, 3.05) is 6.54 Å². The number of aromatic nitrogens is 3. The fourth-order valence-electron chi connectivity index (χ4n) is 1.73. The minimum Gasteiger partial charge on any atom is -0.434 e. The first-order valence-corrected chi connectivity index (χ1v) is 7.16. The van der Waals surface area contributed by atoms with Gasteiger partial charge in [-0.05, 0) is 31.5 Å². The van der Waals surface area contributed by atoms with Crippen LogP contribution in [-0.4, -0.2) is 21.3 Å². The van der Waals surface area contributed by atoms with Crippen molar-refractivity contribution >= 4 is 11.6 Å². The molecule has 0 bridgehead atoms. The first kappa shape index (κ1) is 14.8. The first-order chi connectivity index (χ1) is 9.72. The molecule has 0 saturated carbocycles. The van der Waals surface area contributed by atoms with E-state index in [4.69, 9.17) is 16.3 Å². The molecule has 1 N–H and O–H groups in total. The highest BCUT2D eigenvalue weighted by Gasteiger charge is 2.07. The Morgan fingerprint density at radius 3 is 2.85 bits per heavy atom. The predicted molar refractivity (Wildman–Crippen MR) is 79.2 cm³/mol. The van der Waals surface area contributed by atoms with Gasteiger partial charge < -0.3 is 10.1 Å². The van der Waals surface area contributed by atoms with Crippen LogP contribution in [0.3, 0.4) is 0 Å². The summed E-state index contributed by atoms with van der Waals surface area (Å²) < 4.78 is 7.41. The third-order valence-corrected chi connectivity index (χ3v) is 3.04. The number of rotatable bonds is 7. The molecule has 0 aliphatic heterocycles. The monoisotopic (exact) mass is 294 g/mol. The molecular weight excluding hydrogens is 276 g/mol. The molecule has 0 atom stereocenters. The normalized spacial score (nSPS) is 10.8. The van der Waals surface area contributed by atoms with Crippen molar-refractivity contribution in [2.24, 2.45) is 0 Å². The van der Waals surface area contributed by atoms with Crippen molar-refractivity contribution in [2.45, 2.75) is 33.4 Å². The summed E-state index contributed by atoms with van der Waals surface area (Å²) in [4.78, 5) is 4.26. The molecule has 0 aromatic carbocycles. The molecule has 20 heavy (non-hydrogen) atoms. The highest BCUT2D eigenvalue weighted by Crippen LogP contribution is 2.27. The number of nitrogens with one attached hydrogen (secondary N) is 1. The van der Waals surface area contributed by atoms with Crippen LogP contribution in [-0.2, 0) is 13.1 Å². The van der Waals surface area contributed by atoms with Crippen molar-refractivity contribution in [3.8, 4) is 11.6 Å². The standard InChI is InChI=1S/C14H19ClN4O/c1-3-5-16-7-11-6-13(15)14(17-8-11)20-12-9-18-19(4-2)10-12/h6,8-10,16H,3-5,7H2,1-2H3. The molecule has 2 aromatic rings. The number of ether oxygens (including phenoxy) is 1. The third-order valence-electron chi connectivity index (χ3n) is 2.77. The van der Waals surface area contributed by atoms with E-state index in [0.29, 0.717) is 16.7 Å². The van der Waals surface area contributed by atoms with Gasteiger partial charge in [-0.15, -0.1) is 0 Å². The SMILES string of the molecule is CCCNCc1cnc(Oc2cnn(CC)c2)c(Cl)c1. The highest BCUT2D eigenvalue weighted by atomic mass is 35.5. The molecule has 0 aliphatic rings. The lowest BCUT2D eigenvalue weighted by molar-refractivity contribution is 0.461. The maximum absolute atomic E-state index is 6.19. The lowest BCUT2D eigenvalue weighted by Gasteiger charge is -2.07. The Morgan fingerprint density at radius 1 is 1.35 bits per heavy atom. The van der Waals surface area contributed by atoms with E-state index in [1.54, 1.807) is 17.1 Å². The van der Waals surface area contributed by atoms with Crippen LogP contribution < -0.4 is 10.1 Å². The number of nitrogens with zero attached hydrogens (tertiary/aromatic N) is 3. The molecule has 6 heteroatoms. The van der Waals surface area contributed by atoms with Gasteiger partial charge in [-0.25, -0.2) is 4.98 Å². The van der Waals surface area contributed by atoms with Crippen LogP contribution in [0, 0.1) is 0 Å². The van der Waals surface area contributed by atoms with E-state index >= 15 is 0 Å². The van der Waals surface area contributed by atoms with Gasteiger partial charge in [0.25, 0.3) is 0 Å². The van der Waals surface area contributed by atoms with Gasteiger partial charge >= 0.3 is 0 Å². The van der Waals surface area contributed by atoms with Gasteiger partial charge in [-0.2, -0.15) is 5.10 Å². The Kier molecular flexibility index (Phi) is 5.38. The van der Waals surface area contributed by atoms with E-state index < -0.39 is 0 Å². The van der Waals surface area contributed by atoms with Gasteiger partial charge in [0.1, 0.15) is 5.02 Å². The quantitative estimate of drug-likeness (QED) is 0.797. The van der Waals surface area contributed by atoms with Gasteiger partial charge in [0.15, 0.2) is 5.75 Å². The highest BCUT2D eigenvalue weighted by molar-refractivity contribution is 6.31. The van der Waals surface area contributed by atoms with Crippen molar-refractivity contribution in [1.82, 2.24) is 20.1 Å². The van der Waals surface area contributed by atoms with E-state index in [0.717, 1.165) is 31.6 Å². The van der Waals surface area contributed by atoms with Crippen molar-refractivity contribution in [1.29, 1.82) is 0 Å². The molecule has 5 nitrogen and oxygen atoms in total. The molecule has 0 fully saturated rings. The minimum atomic E-state index is 0.404. The van der Waals surface area contributed by atoms with Gasteiger partial charge in [0.2, 0.25) is 5.88 Å². The molecule has 0 saturated heterocycles. The maximum Gasteiger partial charge on any atom is 0.238 e. The third kappa shape index (κ3) is 3.95. The molecule has 2 rings (SSSR count). The summed E-state index contributed by atoms with van der Waals surface area (Å²) in [6.45, 7) is 6.68. The molecule has 0 unspecified atom stereocenters. The van der Waals surface area contributed by atoms with E-state index in [1.165, 1.54) is 0 Å². The molecule has 0 spiro atoms. The largest absolute Gasteiger partial charge is 0.434 e. The summed E-state index contributed by atoms with van der Waals surface area (Å²) in [7, 11) is 0. The minimum absolute atomic E-state index is 0.404. The topological polar surface area (TPSA) is 52.0 Å². The van der Waals surface area contributed by atoms with Gasteiger partial charge in [-0.3, -0.25) is 4.68 Å².